The van der Waals surface area contributed by atoms with Crippen molar-refractivity contribution in [1.82, 2.24) is 19.7 Å². The van der Waals surface area contributed by atoms with Gasteiger partial charge in [-0.1, -0.05) is 13.3 Å². The van der Waals surface area contributed by atoms with E-state index in [4.69, 9.17) is 4.74 Å². The number of nitrogens with zero attached hydrogens (tertiary/aromatic N) is 5. The van der Waals surface area contributed by atoms with Crippen LogP contribution in [0.2, 0.25) is 0 Å². The highest BCUT2D eigenvalue weighted by atomic mass is 16.5. The summed E-state index contributed by atoms with van der Waals surface area (Å²) < 4.78 is 7.00. The second-order valence-electron chi connectivity index (χ2n) is 5.63. The van der Waals surface area contributed by atoms with Crippen LogP contribution in [0, 0.1) is 11.3 Å². The molecule has 0 spiro atoms. The van der Waals surface area contributed by atoms with Gasteiger partial charge in [0.2, 0.25) is 0 Å². The van der Waals surface area contributed by atoms with E-state index in [9.17, 15) is 5.26 Å². The van der Waals surface area contributed by atoms with Gasteiger partial charge in [-0.25, -0.2) is 9.67 Å². The smallest absolute Gasteiger partial charge is 0.171 e. The average Bonchev–Trinajstić information content (AvgIpc) is 3.11. The van der Waals surface area contributed by atoms with E-state index in [1.807, 2.05) is 12.1 Å². The second kappa shape index (κ2) is 7.58. The van der Waals surface area contributed by atoms with Crippen LogP contribution in [0.25, 0.3) is 5.82 Å². The summed E-state index contributed by atoms with van der Waals surface area (Å²) >= 11 is 0. The largest absolute Gasteiger partial charge is 0.495 e. The topological polar surface area (TPSA) is 76.6 Å². The molecule has 0 unspecified atom stereocenters. The number of aromatic nitrogens is 4. The van der Waals surface area contributed by atoms with Crippen molar-refractivity contribution in [1.29, 1.82) is 5.26 Å². The SMILES string of the molecule is CCCc1cc(OC)cnc1Cc1ccnn1-c1ncccc1C#N. The predicted molar refractivity (Wildman–Crippen MR) is 93.7 cm³/mol. The molecular formula is C19H19N5O. The van der Waals surface area contributed by atoms with Crippen LogP contribution >= 0.6 is 0 Å². The molecule has 6 nitrogen and oxygen atoms in total. The van der Waals surface area contributed by atoms with E-state index in [0.29, 0.717) is 17.8 Å². The van der Waals surface area contributed by atoms with Crippen LogP contribution in [0.5, 0.6) is 5.75 Å². The second-order valence-corrected chi connectivity index (χ2v) is 5.63. The molecule has 25 heavy (non-hydrogen) atoms. The summed E-state index contributed by atoms with van der Waals surface area (Å²) in [6.07, 6.45) is 7.68. The first-order valence-corrected chi connectivity index (χ1v) is 8.17. The maximum Gasteiger partial charge on any atom is 0.171 e. The quantitative estimate of drug-likeness (QED) is 0.693. The monoisotopic (exact) mass is 333 g/mol. The van der Waals surface area contributed by atoms with Gasteiger partial charge in [-0.15, -0.1) is 0 Å². The standard InChI is InChI=1S/C19H19N5O/c1-3-5-14-10-17(25-2)13-22-18(14)11-16-7-9-23-24(16)19-15(12-20)6-4-8-21-19/h4,6-10,13H,3,5,11H2,1-2H3. The molecule has 0 amide bonds. The zero-order chi connectivity index (χ0) is 17.6. The highest BCUT2D eigenvalue weighted by molar-refractivity contribution is 5.44. The van der Waals surface area contributed by atoms with Crippen molar-refractivity contribution in [2.45, 2.75) is 26.2 Å². The first-order chi connectivity index (χ1) is 12.3. The first-order valence-electron chi connectivity index (χ1n) is 8.17. The van der Waals surface area contributed by atoms with E-state index in [1.54, 1.807) is 42.5 Å². The van der Waals surface area contributed by atoms with Crippen molar-refractivity contribution in [3.05, 3.63) is 65.4 Å². The molecule has 3 aromatic heterocycles. The number of hydrogen-bond donors (Lipinski definition) is 0. The molecule has 0 saturated carbocycles. The molecule has 0 aliphatic rings. The summed E-state index contributed by atoms with van der Waals surface area (Å²) in [5.41, 5.74) is 3.57. The van der Waals surface area contributed by atoms with Crippen LogP contribution in [-0.4, -0.2) is 26.9 Å². The van der Waals surface area contributed by atoms with Gasteiger partial charge in [-0.2, -0.15) is 10.4 Å². The Morgan fingerprint density at radius 1 is 1.24 bits per heavy atom. The molecule has 126 valence electrons. The molecule has 3 heterocycles. The Labute approximate surface area is 146 Å². The van der Waals surface area contributed by atoms with Crippen LogP contribution in [0.3, 0.4) is 0 Å². The molecule has 0 atom stereocenters. The molecule has 0 radical (unpaired) electrons. The number of nitriles is 1. The minimum absolute atomic E-state index is 0.490. The highest BCUT2D eigenvalue weighted by Crippen LogP contribution is 2.21. The molecule has 3 aromatic rings. The fourth-order valence-electron chi connectivity index (χ4n) is 2.75. The molecule has 6 heteroatoms. The zero-order valence-corrected chi connectivity index (χ0v) is 14.3. The zero-order valence-electron chi connectivity index (χ0n) is 14.3. The average molecular weight is 333 g/mol. The van der Waals surface area contributed by atoms with Crippen LogP contribution in [0.15, 0.2) is 42.9 Å². The van der Waals surface area contributed by atoms with Gasteiger partial charge >= 0.3 is 0 Å². The number of ether oxygens (including phenoxy) is 1. The third-order valence-corrected chi connectivity index (χ3v) is 3.97. The van der Waals surface area contributed by atoms with Crippen LogP contribution in [0.4, 0.5) is 0 Å². The van der Waals surface area contributed by atoms with Crippen molar-refractivity contribution in [3.63, 3.8) is 0 Å². The van der Waals surface area contributed by atoms with E-state index in [1.165, 1.54) is 0 Å². The van der Waals surface area contributed by atoms with E-state index in [-0.39, 0.29) is 0 Å². The van der Waals surface area contributed by atoms with E-state index in [0.717, 1.165) is 35.5 Å². The molecule has 0 aliphatic carbocycles. The minimum atomic E-state index is 0.490. The Balaban J connectivity index is 1.98. The van der Waals surface area contributed by atoms with Crippen LogP contribution in [0.1, 0.15) is 35.9 Å². The van der Waals surface area contributed by atoms with Crippen molar-refractivity contribution >= 4 is 0 Å². The van der Waals surface area contributed by atoms with Gasteiger partial charge in [0.05, 0.1) is 24.6 Å². The lowest BCUT2D eigenvalue weighted by atomic mass is 10.0. The maximum absolute atomic E-state index is 9.31. The normalized spacial score (nSPS) is 10.4. The van der Waals surface area contributed by atoms with Crippen molar-refractivity contribution < 1.29 is 4.74 Å². The fraction of sp³-hybridized carbons (Fsp3) is 0.263. The highest BCUT2D eigenvalue weighted by Gasteiger charge is 2.14. The summed E-state index contributed by atoms with van der Waals surface area (Å²) in [6.45, 7) is 2.14. The van der Waals surface area contributed by atoms with Crippen molar-refractivity contribution in [2.24, 2.45) is 0 Å². The van der Waals surface area contributed by atoms with E-state index in [2.05, 4.69) is 28.1 Å². The van der Waals surface area contributed by atoms with Gasteiger partial charge in [0.15, 0.2) is 5.82 Å². The van der Waals surface area contributed by atoms with Crippen LogP contribution in [-0.2, 0) is 12.8 Å². The molecule has 0 N–H and O–H groups in total. The molecule has 3 rings (SSSR count). The Morgan fingerprint density at radius 2 is 2.12 bits per heavy atom. The van der Waals surface area contributed by atoms with Gasteiger partial charge in [-0.3, -0.25) is 4.98 Å². The van der Waals surface area contributed by atoms with Gasteiger partial charge in [-0.05, 0) is 36.2 Å². The van der Waals surface area contributed by atoms with Crippen LogP contribution < -0.4 is 4.74 Å². The number of aryl methyl sites for hydroxylation is 1. The first kappa shape index (κ1) is 16.7. The van der Waals surface area contributed by atoms with Crippen molar-refractivity contribution in [3.8, 4) is 17.6 Å². The van der Waals surface area contributed by atoms with Gasteiger partial charge in [0, 0.05) is 24.5 Å². The summed E-state index contributed by atoms with van der Waals surface area (Å²) in [4.78, 5) is 8.89. The summed E-state index contributed by atoms with van der Waals surface area (Å²) in [6, 6.07) is 9.61. The van der Waals surface area contributed by atoms with Crippen molar-refractivity contribution in [2.75, 3.05) is 7.11 Å². The Morgan fingerprint density at radius 3 is 2.88 bits per heavy atom. The minimum Gasteiger partial charge on any atom is -0.495 e. The number of pyridine rings is 2. The summed E-state index contributed by atoms with van der Waals surface area (Å²) in [7, 11) is 1.64. The molecule has 0 aromatic carbocycles. The lowest BCUT2D eigenvalue weighted by molar-refractivity contribution is 0.412. The molecule has 0 fully saturated rings. The Kier molecular flexibility index (Phi) is 5.05. The summed E-state index contributed by atoms with van der Waals surface area (Å²) in [5, 5.41) is 13.7. The lowest BCUT2D eigenvalue weighted by Gasteiger charge is -2.12. The number of methoxy groups -OCH3 is 1. The number of hydrogen-bond acceptors (Lipinski definition) is 5. The third kappa shape index (κ3) is 3.50. The Hall–Kier alpha value is -3.20. The van der Waals surface area contributed by atoms with Gasteiger partial charge < -0.3 is 4.74 Å². The lowest BCUT2D eigenvalue weighted by Crippen LogP contribution is -2.09. The van der Waals surface area contributed by atoms with Gasteiger partial charge in [0.25, 0.3) is 0 Å². The Bertz CT molecular complexity index is 910. The van der Waals surface area contributed by atoms with E-state index < -0.39 is 0 Å². The van der Waals surface area contributed by atoms with E-state index >= 15 is 0 Å². The van der Waals surface area contributed by atoms with Gasteiger partial charge in [0.1, 0.15) is 11.8 Å². The molecule has 0 bridgehead atoms. The molecular weight excluding hydrogens is 314 g/mol. The maximum atomic E-state index is 9.31. The number of rotatable bonds is 6. The third-order valence-electron chi connectivity index (χ3n) is 3.97. The predicted octanol–water partition coefficient (Wildman–Crippen LogP) is 3.09. The summed E-state index contributed by atoms with van der Waals surface area (Å²) in [5.74, 6) is 1.30. The molecule has 0 aliphatic heterocycles. The fourth-order valence-corrected chi connectivity index (χ4v) is 2.75. The molecule has 0 saturated heterocycles.